The van der Waals surface area contributed by atoms with Crippen LogP contribution in [0.3, 0.4) is 0 Å². The minimum atomic E-state index is 0.490. The third-order valence-electron chi connectivity index (χ3n) is 3.81. The largest absolute Gasteiger partial charge is 0.477 e. The predicted molar refractivity (Wildman–Crippen MR) is 85.4 cm³/mol. The van der Waals surface area contributed by atoms with Crippen molar-refractivity contribution in [3.8, 4) is 28.3 Å². The third kappa shape index (κ3) is 2.02. The molecular formula is C17H16N4O. The van der Waals surface area contributed by atoms with Crippen molar-refractivity contribution in [2.75, 3.05) is 12.3 Å². The lowest BCUT2D eigenvalue weighted by molar-refractivity contribution is 0.231. The monoisotopic (exact) mass is 292 g/mol. The quantitative estimate of drug-likeness (QED) is 0.788. The zero-order chi connectivity index (χ0) is 14.9. The Balaban J connectivity index is 1.99. The molecule has 4 rings (SSSR count). The molecule has 2 N–H and O–H groups in total. The highest BCUT2D eigenvalue weighted by Crippen LogP contribution is 2.42. The van der Waals surface area contributed by atoms with Gasteiger partial charge in [0.2, 0.25) is 5.88 Å². The number of hydrogen-bond acceptors (Lipinski definition) is 4. The number of anilines is 1. The van der Waals surface area contributed by atoms with Crippen LogP contribution in [0.5, 0.6) is 5.88 Å². The van der Waals surface area contributed by atoms with Crippen LogP contribution in [0.25, 0.3) is 22.4 Å². The van der Waals surface area contributed by atoms with Crippen molar-refractivity contribution in [1.29, 1.82) is 0 Å². The van der Waals surface area contributed by atoms with Gasteiger partial charge in [-0.2, -0.15) is 5.10 Å². The fraction of sp³-hybridized carbons (Fsp3) is 0.176. The van der Waals surface area contributed by atoms with Gasteiger partial charge in [0.15, 0.2) is 0 Å². The summed E-state index contributed by atoms with van der Waals surface area (Å²) in [6.07, 6.45) is 2.66. The van der Waals surface area contributed by atoms with Crippen LogP contribution >= 0.6 is 0 Å². The van der Waals surface area contributed by atoms with E-state index in [0.717, 1.165) is 41.2 Å². The molecular weight excluding hydrogens is 276 g/mol. The van der Waals surface area contributed by atoms with Crippen LogP contribution in [0.15, 0.2) is 48.7 Å². The number of pyridine rings is 1. The SMILES string of the molecule is Nc1ncccc1-c1c(-c2ccccc2)nn2c1OCCC2. The van der Waals surface area contributed by atoms with E-state index >= 15 is 0 Å². The van der Waals surface area contributed by atoms with Crippen molar-refractivity contribution in [2.24, 2.45) is 0 Å². The molecule has 0 saturated heterocycles. The third-order valence-corrected chi connectivity index (χ3v) is 3.81. The van der Waals surface area contributed by atoms with E-state index in [1.54, 1.807) is 6.20 Å². The molecule has 0 spiro atoms. The van der Waals surface area contributed by atoms with Crippen LogP contribution in [0.2, 0.25) is 0 Å². The number of hydrogen-bond donors (Lipinski definition) is 1. The van der Waals surface area contributed by atoms with Gasteiger partial charge in [0, 0.05) is 30.3 Å². The first-order valence-corrected chi connectivity index (χ1v) is 7.34. The average molecular weight is 292 g/mol. The van der Waals surface area contributed by atoms with Gasteiger partial charge in [-0.05, 0) is 12.1 Å². The Hall–Kier alpha value is -2.82. The van der Waals surface area contributed by atoms with Crippen molar-refractivity contribution >= 4 is 5.82 Å². The molecule has 1 aliphatic rings. The number of rotatable bonds is 2. The van der Waals surface area contributed by atoms with Gasteiger partial charge >= 0.3 is 0 Å². The van der Waals surface area contributed by atoms with Crippen molar-refractivity contribution < 1.29 is 4.74 Å². The van der Waals surface area contributed by atoms with Crippen LogP contribution in [0, 0.1) is 0 Å². The highest BCUT2D eigenvalue weighted by Gasteiger charge is 2.25. The summed E-state index contributed by atoms with van der Waals surface area (Å²) >= 11 is 0. The van der Waals surface area contributed by atoms with Crippen molar-refractivity contribution in [3.63, 3.8) is 0 Å². The normalized spacial score (nSPS) is 13.5. The lowest BCUT2D eigenvalue weighted by Gasteiger charge is -2.16. The molecule has 1 aromatic carbocycles. The zero-order valence-electron chi connectivity index (χ0n) is 12.1. The van der Waals surface area contributed by atoms with Gasteiger partial charge in [0.05, 0.1) is 12.2 Å². The number of nitrogens with zero attached hydrogens (tertiary/aromatic N) is 3. The fourth-order valence-electron chi connectivity index (χ4n) is 2.80. The Morgan fingerprint density at radius 2 is 1.95 bits per heavy atom. The molecule has 0 saturated carbocycles. The van der Waals surface area contributed by atoms with E-state index in [1.807, 2.05) is 47.1 Å². The summed E-state index contributed by atoms with van der Waals surface area (Å²) in [6, 6.07) is 13.9. The number of aromatic nitrogens is 3. The van der Waals surface area contributed by atoms with Gasteiger partial charge in [0.25, 0.3) is 0 Å². The van der Waals surface area contributed by atoms with Crippen molar-refractivity contribution in [3.05, 3.63) is 48.7 Å². The first-order valence-electron chi connectivity index (χ1n) is 7.34. The number of benzene rings is 1. The standard InChI is InChI=1S/C17H16N4O/c18-16-13(8-4-9-19-16)14-15(12-6-2-1-3-7-12)20-21-10-5-11-22-17(14)21/h1-4,6-9H,5,10-11H2,(H2,18,19). The number of ether oxygens (including phenoxy) is 1. The predicted octanol–water partition coefficient (Wildman–Crippen LogP) is 2.98. The molecule has 2 aromatic heterocycles. The van der Waals surface area contributed by atoms with Crippen LogP contribution < -0.4 is 10.5 Å². The summed E-state index contributed by atoms with van der Waals surface area (Å²) in [7, 11) is 0. The highest BCUT2D eigenvalue weighted by molar-refractivity contribution is 5.88. The summed E-state index contributed by atoms with van der Waals surface area (Å²) in [5.41, 5.74) is 9.81. The van der Waals surface area contributed by atoms with Gasteiger partial charge in [-0.3, -0.25) is 0 Å². The average Bonchev–Trinajstić information content (AvgIpc) is 2.95. The Morgan fingerprint density at radius 3 is 2.77 bits per heavy atom. The second-order valence-corrected chi connectivity index (χ2v) is 5.26. The van der Waals surface area contributed by atoms with E-state index in [1.165, 1.54) is 0 Å². The Morgan fingerprint density at radius 1 is 1.09 bits per heavy atom. The summed E-state index contributed by atoms with van der Waals surface area (Å²) in [4.78, 5) is 4.20. The molecule has 0 unspecified atom stereocenters. The second-order valence-electron chi connectivity index (χ2n) is 5.26. The number of nitrogen functional groups attached to an aromatic ring is 1. The summed E-state index contributed by atoms with van der Waals surface area (Å²) < 4.78 is 7.81. The van der Waals surface area contributed by atoms with Crippen LogP contribution in [0.1, 0.15) is 6.42 Å². The maximum atomic E-state index is 6.09. The summed E-state index contributed by atoms with van der Waals surface area (Å²) in [5.74, 6) is 1.27. The molecule has 5 heteroatoms. The number of aryl methyl sites for hydroxylation is 1. The molecule has 3 heterocycles. The van der Waals surface area contributed by atoms with Gasteiger partial charge in [-0.1, -0.05) is 30.3 Å². The van der Waals surface area contributed by atoms with Crippen LogP contribution in [-0.4, -0.2) is 21.4 Å². The number of nitrogens with two attached hydrogens (primary N) is 1. The molecule has 110 valence electrons. The molecule has 5 nitrogen and oxygen atoms in total. The van der Waals surface area contributed by atoms with Gasteiger partial charge in [-0.25, -0.2) is 9.67 Å². The van der Waals surface area contributed by atoms with Crippen LogP contribution in [0.4, 0.5) is 5.82 Å². The molecule has 0 amide bonds. The molecule has 22 heavy (non-hydrogen) atoms. The van der Waals surface area contributed by atoms with Crippen molar-refractivity contribution in [2.45, 2.75) is 13.0 Å². The van der Waals surface area contributed by atoms with E-state index in [0.29, 0.717) is 12.4 Å². The van der Waals surface area contributed by atoms with Crippen molar-refractivity contribution in [1.82, 2.24) is 14.8 Å². The summed E-state index contributed by atoms with van der Waals surface area (Å²) in [5, 5.41) is 4.75. The highest BCUT2D eigenvalue weighted by atomic mass is 16.5. The second kappa shape index (κ2) is 5.18. The van der Waals surface area contributed by atoms with E-state index < -0.39 is 0 Å². The lowest BCUT2D eigenvalue weighted by Crippen LogP contribution is -2.15. The lowest BCUT2D eigenvalue weighted by atomic mass is 10.0. The first kappa shape index (κ1) is 12.9. The smallest absolute Gasteiger partial charge is 0.220 e. The van der Waals surface area contributed by atoms with Gasteiger partial charge in [-0.15, -0.1) is 0 Å². The Kier molecular flexibility index (Phi) is 3.04. The molecule has 3 aromatic rings. The van der Waals surface area contributed by atoms with Gasteiger partial charge < -0.3 is 10.5 Å². The minimum Gasteiger partial charge on any atom is -0.477 e. The molecule has 1 aliphatic heterocycles. The maximum Gasteiger partial charge on any atom is 0.220 e. The molecule has 0 radical (unpaired) electrons. The fourth-order valence-corrected chi connectivity index (χ4v) is 2.80. The molecule has 0 atom stereocenters. The minimum absolute atomic E-state index is 0.490. The first-order chi connectivity index (χ1) is 10.8. The van der Waals surface area contributed by atoms with Crippen LogP contribution in [-0.2, 0) is 6.54 Å². The maximum absolute atomic E-state index is 6.09. The molecule has 0 aliphatic carbocycles. The van der Waals surface area contributed by atoms with E-state index in [4.69, 9.17) is 15.6 Å². The molecule has 0 bridgehead atoms. The van der Waals surface area contributed by atoms with E-state index in [-0.39, 0.29) is 0 Å². The van der Waals surface area contributed by atoms with E-state index in [9.17, 15) is 0 Å². The Bertz CT molecular complexity index is 811. The topological polar surface area (TPSA) is 66.0 Å². The van der Waals surface area contributed by atoms with Gasteiger partial charge in [0.1, 0.15) is 11.5 Å². The summed E-state index contributed by atoms with van der Waals surface area (Å²) in [6.45, 7) is 1.56. The number of fused-ring (bicyclic) bond motifs is 1. The molecule has 0 fully saturated rings. The van der Waals surface area contributed by atoms with E-state index in [2.05, 4.69) is 4.98 Å². The zero-order valence-corrected chi connectivity index (χ0v) is 12.1. The Labute approximate surface area is 128 Å².